The molecule has 0 amide bonds. The van der Waals surface area contributed by atoms with Crippen molar-refractivity contribution in [2.24, 2.45) is 0 Å². The summed E-state index contributed by atoms with van der Waals surface area (Å²) in [5.41, 5.74) is 2.38. The number of hydrogen-bond donors (Lipinski definition) is 1. The van der Waals surface area contributed by atoms with Crippen LogP contribution in [0.15, 0.2) is 18.5 Å². The number of nitrogens with zero attached hydrogens (tertiary/aromatic N) is 3. The molecule has 0 bridgehead atoms. The van der Waals surface area contributed by atoms with E-state index in [0.29, 0.717) is 0 Å². The van der Waals surface area contributed by atoms with Crippen LogP contribution in [0.2, 0.25) is 0 Å². The van der Waals surface area contributed by atoms with E-state index in [4.69, 9.17) is 0 Å². The van der Waals surface area contributed by atoms with E-state index in [0.717, 1.165) is 37.8 Å². The third-order valence-corrected chi connectivity index (χ3v) is 3.86. The van der Waals surface area contributed by atoms with Crippen LogP contribution in [0.25, 0.3) is 0 Å². The van der Waals surface area contributed by atoms with Crippen LogP contribution >= 0.6 is 0 Å². The molecule has 0 atom stereocenters. The molecule has 19 heavy (non-hydrogen) atoms. The summed E-state index contributed by atoms with van der Waals surface area (Å²) in [7, 11) is 4.36. The molecule has 1 aliphatic rings. The van der Waals surface area contributed by atoms with Gasteiger partial charge in [-0.2, -0.15) is 0 Å². The van der Waals surface area contributed by atoms with E-state index in [1.165, 1.54) is 18.5 Å². The summed E-state index contributed by atoms with van der Waals surface area (Å²) in [4.78, 5) is 9.14. The van der Waals surface area contributed by atoms with Crippen LogP contribution in [0.5, 0.6) is 0 Å². The van der Waals surface area contributed by atoms with E-state index in [9.17, 15) is 0 Å². The minimum atomic E-state index is 0.727. The van der Waals surface area contributed by atoms with Crippen LogP contribution in [0.3, 0.4) is 0 Å². The molecular weight excluding hydrogens is 236 g/mol. The van der Waals surface area contributed by atoms with E-state index in [1.807, 2.05) is 12.4 Å². The molecule has 4 nitrogen and oxygen atoms in total. The average molecular weight is 262 g/mol. The Kier molecular flexibility index (Phi) is 5.02. The van der Waals surface area contributed by atoms with Crippen molar-refractivity contribution in [1.82, 2.24) is 9.88 Å². The smallest absolute Gasteiger partial charge is 0.0573 e. The monoisotopic (exact) mass is 262 g/mol. The molecule has 1 aromatic rings. The zero-order valence-electron chi connectivity index (χ0n) is 12.4. The average Bonchev–Trinajstić information content (AvgIpc) is 2.45. The van der Waals surface area contributed by atoms with Gasteiger partial charge in [0.15, 0.2) is 0 Å². The molecule has 0 spiro atoms. The first kappa shape index (κ1) is 14.1. The van der Waals surface area contributed by atoms with Crippen molar-refractivity contribution < 1.29 is 0 Å². The predicted molar refractivity (Wildman–Crippen MR) is 81.9 cm³/mol. The summed E-state index contributed by atoms with van der Waals surface area (Å²) in [6.45, 7) is 5.44. The van der Waals surface area contributed by atoms with Gasteiger partial charge in [0.1, 0.15) is 0 Å². The van der Waals surface area contributed by atoms with Crippen LogP contribution < -0.4 is 10.2 Å². The highest BCUT2D eigenvalue weighted by atomic mass is 15.2. The summed E-state index contributed by atoms with van der Waals surface area (Å²) in [5, 5.41) is 3.40. The third-order valence-electron chi connectivity index (χ3n) is 3.86. The zero-order valence-corrected chi connectivity index (χ0v) is 12.4. The number of piperidine rings is 1. The minimum absolute atomic E-state index is 0.727. The first-order valence-corrected chi connectivity index (χ1v) is 7.31. The number of anilines is 2. The first-order valence-electron chi connectivity index (χ1n) is 7.31. The zero-order chi connectivity index (χ0) is 13.7. The van der Waals surface area contributed by atoms with Crippen LogP contribution in [-0.4, -0.2) is 49.7 Å². The molecule has 1 saturated heterocycles. The van der Waals surface area contributed by atoms with Crippen molar-refractivity contribution in [3.8, 4) is 0 Å². The summed E-state index contributed by atoms with van der Waals surface area (Å²) < 4.78 is 0. The van der Waals surface area contributed by atoms with E-state index >= 15 is 0 Å². The molecule has 1 aliphatic heterocycles. The van der Waals surface area contributed by atoms with Gasteiger partial charge in [0.05, 0.1) is 23.8 Å². The summed E-state index contributed by atoms with van der Waals surface area (Å²) >= 11 is 0. The Morgan fingerprint density at radius 3 is 2.68 bits per heavy atom. The molecule has 1 N–H and O–H groups in total. The van der Waals surface area contributed by atoms with Crippen LogP contribution in [-0.2, 0) is 0 Å². The standard InChI is InChI=1S/C15H26N4/c1-4-7-17-13-10-15(12-16-11-13)19-8-5-14(6-9-19)18(2)3/h10-12,14,17H,4-9H2,1-3H3. The van der Waals surface area contributed by atoms with Crippen molar-refractivity contribution in [3.05, 3.63) is 18.5 Å². The summed E-state index contributed by atoms with van der Waals surface area (Å²) in [5.74, 6) is 0. The van der Waals surface area contributed by atoms with Crippen molar-refractivity contribution in [3.63, 3.8) is 0 Å². The van der Waals surface area contributed by atoms with Gasteiger partial charge < -0.3 is 15.1 Å². The van der Waals surface area contributed by atoms with Gasteiger partial charge in [-0.05, 0) is 39.4 Å². The maximum atomic E-state index is 4.35. The van der Waals surface area contributed by atoms with E-state index < -0.39 is 0 Å². The van der Waals surface area contributed by atoms with Gasteiger partial charge in [-0.25, -0.2) is 0 Å². The van der Waals surface area contributed by atoms with E-state index in [-0.39, 0.29) is 0 Å². The molecular formula is C15H26N4. The van der Waals surface area contributed by atoms with Crippen molar-refractivity contribution in [1.29, 1.82) is 0 Å². The predicted octanol–water partition coefficient (Wildman–Crippen LogP) is 2.43. The van der Waals surface area contributed by atoms with Crippen LogP contribution in [0.1, 0.15) is 26.2 Å². The summed E-state index contributed by atoms with van der Waals surface area (Å²) in [6.07, 6.45) is 7.50. The molecule has 1 aromatic heterocycles. The highest BCUT2D eigenvalue weighted by Crippen LogP contribution is 2.23. The number of aromatic nitrogens is 1. The fourth-order valence-electron chi connectivity index (χ4n) is 2.61. The summed E-state index contributed by atoms with van der Waals surface area (Å²) in [6, 6.07) is 2.95. The normalized spacial score (nSPS) is 16.9. The molecule has 0 aromatic carbocycles. The number of pyridine rings is 1. The van der Waals surface area contributed by atoms with Gasteiger partial charge in [0.25, 0.3) is 0 Å². The second kappa shape index (κ2) is 6.75. The Hall–Kier alpha value is -1.29. The molecule has 2 rings (SSSR count). The Morgan fingerprint density at radius 1 is 1.32 bits per heavy atom. The quantitative estimate of drug-likeness (QED) is 0.883. The molecule has 0 aliphatic carbocycles. The molecule has 1 fully saturated rings. The molecule has 106 valence electrons. The highest BCUT2D eigenvalue weighted by molar-refractivity contribution is 5.55. The maximum Gasteiger partial charge on any atom is 0.0573 e. The fourth-order valence-corrected chi connectivity index (χ4v) is 2.61. The second-order valence-electron chi connectivity index (χ2n) is 5.54. The van der Waals surface area contributed by atoms with Crippen LogP contribution in [0.4, 0.5) is 11.4 Å². The van der Waals surface area contributed by atoms with Gasteiger partial charge in [-0.15, -0.1) is 0 Å². The lowest BCUT2D eigenvalue weighted by atomic mass is 10.0. The molecule has 0 radical (unpaired) electrons. The maximum absolute atomic E-state index is 4.35. The van der Waals surface area contributed by atoms with Gasteiger partial charge in [0, 0.05) is 25.7 Å². The highest BCUT2D eigenvalue weighted by Gasteiger charge is 2.20. The third kappa shape index (κ3) is 3.83. The van der Waals surface area contributed by atoms with Gasteiger partial charge in [-0.1, -0.05) is 6.92 Å². The van der Waals surface area contributed by atoms with Crippen LogP contribution in [0, 0.1) is 0 Å². The van der Waals surface area contributed by atoms with Crippen molar-refractivity contribution in [2.45, 2.75) is 32.2 Å². The Labute approximate surface area is 116 Å². The topological polar surface area (TPSA) is 31.4 Å². The van der Waals surface area contributed by atoms with Crippen molar-refractivity contribution >= 4 is 11.4 Å². The number of rotatable bonds is 5. The molecule has 0 saturated carbocycles. The minimum Gasteiger partial charge on any atom is -0.384 e. The Bertz CT molecular complexity index is 383. The lowest BCUT2D eigenvalue weighted by Crippen LogP contribution is -2.42. The largest absolute Gasteiger partial charge is 0.384 e. The lowest BCUT2D eigenvalue weighted by Gasteiger charge is -2.36. The Morgan fingerprint density at radius 2 is 2.05 bits per heavy atom. The van der Waals surface area contributed by atoms with Gasteiger partial charge in [0.2, 0.25) is 0 Å². The first-order chi connectivity index (χ1) is 9.20. The fraction of sp³-hybridized carbons (Fsp3) is 0.667. The lowest BCUT2D eigenvalue weighted by molar-refractivity contribution is 0.249. The molecule has 0 unspecified atom stereocenters. The SMILES string of the molecule is CCCNc1cncc(N2CCC(N(C)C)CC2)c1. The molecule has 2 heterocycles. The van der Waals surface area contributed by atoms with Crippen molar-refractivity contribution in [2.75, 3.05) is 43.9 Å². The Balaban J connectivity index is 1.95. The number of nitrogens with one attached hydrogen (secondary N) is 1. The van der Waals surface area contributed by atoms with E-state index in [2.05, 4.69) is 47.2 Å². The molecule has 4 heteroatoms. The second-order valence-corrected chi connectivity index (χ2v) is 5.54. The number of hydrogen-bond acceptors (Lipinski definition) is 4. The van der Waals surface area contributed by atoms with Gasteiger partial charge in [-0.3, -0.25) is 4.98 Å². The van der Waals surface area contributed by atoms with E-state index in [1.54, 1.807) is 0 Å². The van der Waals surface area contributed by atoms with Gasteiger partial charge >= 0.3 is 0 Å².